The molecule has 0 saturated heterocycles. The highest BCUT2D eigenvalue weighted by Gasteiger charge is 2.12. The van der Waals surface area contributed by atoms with Crippen molar-refractivity contribution in [3.05, 3.63) is 45.2 Å². The van der Waals surface area contributed by atoms with Crippen LogP contribution in [0, 0.1) is 0 Å². The summed E-state index contributed by atoms with van der Waals surface area (Å²) in [5, 5.41) is 12.0. The Hall–Kier alpha value is -1.86. The lowest BCUT2D eigenvalue weighted by Crippen LogP contribution is -2.10. The molecule has 1 heterocycles. The quantitative estimate of drug-likeness (QED) is 0.880. The van der Waals surface area contributed by atoms with E-state index in [2.05, 4.69) is 21.2 Å². The Morgan fingerprint density at radius 3 is 2.60 bits per heavy atom. The van der Waals surface area contributed by atoms with E-state index in [0.717, 1.165) is 11.3 Å². The predicted octanol–water partition coefficient (Wildman–Crippen LogP) is 3.47. The molecule has 0 fully saturated rings. The van der Waals surface area contributed by atoms with Crippen LogP contribution in [-0.2, 0) is 0 Å². The average molecular weight is 356 g/mol. The first-order valence-electron chi connectivity index (χ1n) is 5.49. The van der Waals surface area contributed by atoms with Gasteiger partial charge in [0.2, 0.25) is 0 Å². The van der Waals surface area contributed by atoms with Gasteiger partial charge in [-0.2, -0.15) is 0 Å². The minimum Gasteiger partial charge on any atom is -0.496 e. The summed E-state index contributed by atoms with van der Waals surface area (Å²) in [7, 11) is 1.54. The Bertz CT molecular complexity index is 668. The molecular weight excluding hydrogens is 346 g/mol. The topological polar surface area (TPSA) is 75.6 Å². The number of carboxylic acid groups (broad SMARTS) is 1. The molecule has 0 aliphatic carbocycles. The molecule has 2 aromatic rings. The van der Waals surface area contributed by atoms with Gasteiger partial charge in [-0.15, -0.1) is 11.3 Å². The highest BCUT2D eigenvalue weighted by atomic mass is 79.9. The monoisotopic (exact) mass is 355 g/mol. The minimum atomic E-state index is -1.01. The number of rotatable bonds is 4. The van der Waals surface area contributed by atoms with E-state index in [1.54, 1.807) is 31.4 Å². The number of carbonyl (C=O) groups is 2. The second-order valence-electron chi connectivity index (χ2n) is 3.77. The average Bonchev–Trinajstić information content (AvgIpc) is 2.87. The molecule has 0 bridgehead atoms. The Labute approximate surface area is 127 Å². The van der Waals surface area contributed by atoms with Crippen LogP contribution in [0.4, 0.5) is 5.00 Å². The van der Waals surface area contributed by atoms with E-state index in [1.165, 1.54) is 6.07 Å². The van der Waals surface area contributed by atoms with Gasteiger partial charge in [0.05, 0.1) is 16.6 Å². The third-order valence-corrected chi connectivity index (χ3v) is 4.08. The number of carbonyl (C=O) groups excluding carboxylic acids is 1. The summed E-state index contributed by atoms with van der Waals surface area (Å²) in [5.41, 5.74) is 0.447. The van der Waals surface area contributed by atoms with E-state index in [-0.39, 0.29) is 10.8 Å². The molecule has 1 aromatic heterocycles. The number of benzene rings is 1. The van der Waals surface area contributed by atoms with Crippen molar-refractivity contribution in [1.29, 1.82) is 0 Å². The molecule has 2 rings (SSSR count). The van der Waals surface area contributed by atoms with Crippen LogP contribution in [0.15, 0.2) is 34.8 Å². The molecule has 1 aromatic carbocycles. The first kappa shape index (κ1) is 14.5. The van der Waals surface area contributed by atoms with Crippen molar-refractivity contribution in [2.45, 2.75) is 0 Å². The summed E-state index contributed by atoms with van der Waals surface area (Å²) < 4.78 is 5.76. The van der Waals surface area contributed by atoms with Crippen molar-refractivity contribution in [2.24, 2.45) is 0 Å². The number of thiophene rings is 1. The summed E-state index contributed by atoms with van der Waals surface area (Å²) in [4.78, 5) is 23.0. The molecule has 2 N–H and O–H groups in total. The van der Waals surface area contributed by atoms with E-state index in [9.17, 15) is 9.59 Å². The Morgan fingerprint density at radius 2 is 2.05 bits per heavy atom. The lowest BCUT2D eigenvalue weighted by atomic mass is 10.2. The first-order valence-corrected chi connectivity index (χ1v) is 7.10. The first-order chi connectivity index (χ1) is 9.51. The normalized spacial score (nSPS) is 10.1. The lowest BCUT2D eigenvalue weighted by Gasteiger charge is -2.06. The van der Waals surface area contributed by atoms with E-state index in [1.807, 2.05) is 0 Å². The van der Waals surface area contributed by atoms with Gasteiger partial charge in [0.1, 0.15) is 10.6 Å². The smallest absolute Gasteiger partial charge is 0.345 e. The van der Waals surface area contributed by atoms with Crippen LogP contribution in [0.3, 0.4) is 0 Å². The fourth-order valence-electron chi connectivity index (χ4n) is 1.51. The Balaban J connectivity index is 2.15. The highest BCUT2D eigenvalue weighted by molar-refractivity contribution is 9.10. The molecule has 5 nitrogen and oxygen atoms in total. The lowest BCUT2D eigenvalue weighted by molar-refractivity contribution is 0.0702. The largest absolute Gasteiger partial charge is 0.496 e. The van der Waals surface area contributed by atoms with Crippen LogP contribution in [0.25, 0.3) is 0 Å². The highest BCUT2D eigenvalue weighted by Crippen LogP contribution is 2.27. The molecule has 0 radical (unpaired) electrons. The molecule has 20 heavy (non-hydrogen) atoms. The standard InChI is InChI=1S/C13H10BrNO4S/c1-19-9-3-2-7(6-8(9)14)12(16)15-11-5-4-10(20-11)13(17)18/h2-6H,1H3,(H,15,16)(H,17,18). The number of methoxy groups -OCH3 is 1. The van der Waals surface area contributed by atoms with Gasteiger partial charge < -0.3 is 15.2 Å². The van der Waals surface area contributed by atoms with E-state index in [4.69, 9.17) is 9.84 Å². The number of aromatic carboxylic acids is 1. The number of ether oxygens (including phenoxy) is 1. The van der Waals surface area contributed by atoms with Gasteiger partial charge in [0, 0.05) is 5.56 Å². The zero-order valence-corrected chi connectivity index (χ0v) is 12.7. The molecule has 7 heteroatoms. The van der Waals surface area contributed by atoms with Gasteiger partial charge in [0.15, 0.2) is 0 Å². The SMILES string of the molecule is COc1ccc(C(=O)Nc2ccc(C(=O)O)s2)cc1Br. The molecule has 0 aliphatic heterocycles. The summed E-state index contributed by atoms with van der Waals surface area (Å²) in [6, 6.07) is 7.96. The van der Waals surface area contributed by atoms with E-state index < -0.39 is 5.97 Å². The maximum Gasteiger partial charge on any atom is 0.345 e. The fourth-order valence-corrected chi connectivity index (χ4v) is 2.79. The fraction of sp³-hybridized carbons (Fsp3) is 0.0769. The van der Waals surface area contributed by atoms with Gasteiger partial charge in [-0.05, 0) is 46.3 Å². The Morgan fingerprint density at radius 1 is 1.30 bits per heavy atom. The van der Waals surface area contributed by atoms with Gasteiger partial charge in [0.25, 0.3) is 5.91 Å². The summed E-state index contributed by atoms with van der Waals surface area (Å²) in [6.45, 7) is 0. The number of anilines is 1. The van der Waals surface area contributed by atoms with Crippen LogP contribution < -0.4 is 10.1 Å². The third-order valence-electron chi connectivity index (χ3n) is 2.47. The van der Waals surface area contributed by atoms with E-state index >= 15 is 0 Å². The molecule has 0 aliphatic rings. The van der Waals surface area contributed by atoms with Crippen LogP contribution in [-0.4, -0.2) is 24.1 Å². The van der Waals surface area contributed by atoms with E-state index in [0.29, 0.717) is 20.8 Å². The second-order valence-corrected chi connectivity index (χ2v) is 5.71. The van der Waals surface area contributed by atoms with Crippen LogP contribution in [0.2, 0.25) is 0 Å². The third kappa shape index (κ3) is 3.17. The zero-order chi connectivity index (χ0) is 14.7. The van der Waals surface area contributed by atoms with Crippen molar-refractivity contribution < 1.29 is 19.4 Å². The number of hydrogen-bond acceptors (Lipinski definition) is 4. The molecule has 0 spiro atoms. The summed E-state index contributed by atoms with van der Waals surface area (Å²) >= 11 is 4.31. The molecule has 104 valence electrons. The second kappa shape index (κ2) is 6.06. The number of nitrogens with one attached hydrogen (secondary N) is 1. The Kier molecular flexibility index (Phi) is 4.41. The summed E-state index contributed by atoms with van der Waals surface area (Å²) in [5.74, 6) is -0.694. The van der Waals surface area contributed by atoms with Gasteiger partial charge in [-0.3, -0.25) is 4.79 Å². The van der Waals surface area contributed by atoms with Crippen LogP contribution in [0.5, 0.6) is 5.75 Å². The van der Waals surface area contributed by atoms with Gasteiger partial charge in [-0.25, -0.2) is 4.79 Å². The summed E-state index contributed by atoms with van der Waals surface area (Å²) in [6.07, 6.45) is 0. The molecule has 1 amide bonds. The number of carboxylic acids is 1. The number of amides is 1. The number of hydrogen-bond donors (Lipinski definition) is 2. The van der Waals surface area contributed by atoms with Gasteiger partial charge >= 0.3 is 5.97 Å². The van der Waals surface area contributed by atoms with Crippen molar-refractivity contribution in [2.75, 3.05) is 12.4 Å². The van der Waals surface area contributed by atoms with Crippen LogP contribution in [0.1, 0.15) is 20.0 Å². The van der Waals surface area contributed by atoms with Crippen molar-refractivity contribution >= 4 is 44.1 Å². The predicted molar refractivity (Wildman–Crippen MR) is 79.9 cm³/mol. The maximum absolute atomic E-state index is 12.0. The van der Waals surface area contributed by atoms with Crippen molar-refractivity contribution in [3.8, 4) is 5.75 Å². The van der Waals surface area contributed by atoms with Gasteiger partial charge in [-0.1, -0.05) is 0 Å². The maximum atomic E-state index is 12.0. The molecular formula is C13H10BrNO4S. The molecule has 0 unspecified atom stereocenters. The molecule has 0 saturated carbocycles. The minimum absolute atomic E-state index is 0.177. The molecule has 0 atom stereocenters. The number of halogens is 1. The zero-order valence-electron chi connectivity index (χ0n) is 10.3. The van der Waals surface area contributed by atoms with Crippen molar-refractivity contribution in [3.63, 3.8) is 0 Å². The van der Waals surface area contributed by atoms with Crippen molar-refractivity contribution in [1.82, 2.24) is 0 Å². The van der Waals surface area contributed by atoms with Crippen LogP contribution >= 0.6 is 27.3 Å².